The van der Waals surface area contributed by atoms with Crippen LogP contribution < -0.4 is 10.6 Å². The van der Waals surface area contributed by atoms with Crippen molar-refractivity contribution < 1.29 is 18.1 Å². The molecule has 0 aliphatic heterocycles. The van der Waals surface area contributed by atoms with Gasteiger partial charge in [-0.3, -0.25) is 10.1 Å². The highest BCUT2D eigenvalue weighted by Crippen LogP contribution is 2.35. The molecule has 0 amide bonds. The van der Waals surface area contributed by atoms with Gasteiger partial charge in [0.1, 0.15) is 11.4 Å². The number of nitrogens with one attached hydrogen (secondary N) is 2. The highest BCUT2D eigenvalue weighted by molar-refractivity contribution is 5.63. The number of aryl methyl sites for hydroxylation is 1. The number of nitro groups is 1. The summed E-state index contributed by atoms with van der Waals surface area (Å²) in [6.07, 6.45) is -2.11. The van der Waals surface area contributed by atoms with Crippen molar-refractivity contribution in [1.82, 2.24) is 9.97 Å². The molecule has 10 heteroatoms. The standard InChI is InChI=1S/C20H18F3N5O2/c1-2-3-13-4-6-14(7-5-13)25-18-17(20(21,22)23)12-24-19(27-18)26-15-8-10-16(11-9-15)28(29)30/h4-12H,2-3H2,1H3,(H2,24,25,26,27). The quantitative estimate of drug-likeness (QED) is 0.370. The summed E-state index contributed by atoms with van der Waals surface area (Å²) in [5, 5.41) is 16.2. The number of hydrogen-bond acceptors (Lipinski definition) is 6. The first-order chi connectivity index (χ1) is 14.3. The first-order valence-electron chi connectivity index (χ1n) is 9.08. The van der Waals surface area contributed by atoms with Crippen molar-refractivity contribution in [2.75, 3.05) is 10.6 Å². The average Bonchev–Trinajstić information content (AvgIpc) is 2.69. The third-order valence-corrected chi connectivity index (χ3v) is 4.18. The lowest BCUT2D eigenvalue weighted by Gasteiger charge is -2.15. The average molecular weight is 417 g/mol. The molecule has 2 N–H and O–H groups in total. The van der Waals surface area contributed by atoms with Crippen LogP contribution in [-0.4, -0.2) is 14.9 Å². The van der Waals surface area contributed by atoms with Gasteiger partial charge in [-0.15, -0.1) is 0 Å². The van der Waals surface area contributed by atoms with Crippen LogP contribution in [0, 0.1) is 10.1 Å². The van der Waals surface area contributed by atoms with Gasteiger partial charge >= 0.3 is 6.18 Å². The summed E-state index contributed by atoms with van der Waals surface area (Å²) in [4.78, 5) is 17.9. The van der Waals surface area contributed by atoms with E-state index in [4.69, 9.17) is 0 Å². The molecule has 156 valence electrons. The van der Waals surface area contributed by atoms with Crippen molar-refractivity contribution in [1.29, 1.82) is 0 Å². The van der Waals surface area contributed by atoms with Gasteiger partial charge in [-0.2, -0.15) is 18.2 Å². The Balaban J connectivity index is 1.87. The monoisotopic (exact) mass is 417 g/mol. The molecule has 7 nitrogen and oxygen atoms in total. The molecule has 0 bridgehead atoms. The molecule has 1 aromatic heterocycles. The van der Waals surface area contributed by atoms with Crippen LogP contribution in [-0.2, 0) is 12.6 Å². The summed E-state index contributed by atoms with van der Waals surface area (Å²) in [6, 6.07) is 12.4. The second-order valence-electron chi connectivity index (χ2n) is 6.45. The fourth-order valence-electron chi connectivity index (χ4n) is 2.72. The van der Waals surface area contributed by atoms with Crippen molar-refractivity contribution in [2.24, 2.45) is 0 Å². The minimum Gasteiger partial charge on any atom is -0.340 e. The molecule has 30 heavy (non-hydrogen) atoms. The summed E-state index contributed by atoms with van der Waals surface area (Å²) in [5.41, 5.74) is 0.829. The Labute approximate surface area is 170 Å². The minimum atomic E-state index is -4.64. The molecule has 0 atom stereocenters. The van der Waals surface area contributed by atoms with Gasteiger partial charge in [0.2, 0.25) is 5.95 Å². The third kappa shape index (κ3) is 5.22. The van der Waals surface area contributed by atoms with Crippen molar-refractivity contribution in [3.05, 3.63) is 76.0 Å². The van der Waals surface area contributed by atoms with E-state index in [9.17, 15) is 23.3 Å². The van der Waals surface area contributed by atoms with Crippen LogP contribution >= 0.6 is 0 Å². The maximum absolute atomic E-state index is 13.4. The number of hydrogen-bond donors (Lipinski definition) is 2. The number of non-ortho nitro benzene ring substituents is 1. The molecule has 2 aromatic carbocycles. The highest BCUT2D eigenvalue weighted by Gasteiger charge is 2.35. The van der Waals surface area contributed by atoms with Gasteiger partial charge in [-0.05, 0) is 36.2 Å². The zero-order valence-corrected chi connectivity index (χ0v) is 15.9. The van der Waals surface area contributed by atoms with Crippen LogP contribution in [0.15, 0.2) is 54.7 Å². The van der Waals surface area contributed by atoms with Gasteiger partial charge in [0.05, 0.1) is 4.92 Å². The number of aromatic nitrogens is 2. The molecule has 3 aromatic rings. The van der Waals surface area contributed by atoms with Crippen LogP contribution in [0.25, 0.3) is 0 Å². The molecule has 0 saturated carbocycles. The Kier molecular flexibility index (Phi) is 6.14. The van der Waals surface area contributed by atoms with Gasteiger partial charge in [0.25, 0.3) is 5.69 Å². The van der Waals surface area contributed by atoms with E-state index in [2.05, 4.69) is 20.6 Å². The van der Waals surface area contributed by atoms with Crippen molar-refractivity contribution >= 4 is 28.8 Å². The maximum atomic E-state index is 13.4. The second-order valence-corrected chi connectivity index (χ2v) is 6.45. The minimum absolute atomic E-state index is 0.0815. The van der Waals surface area contributed by atoms with Crippen molar-refractivity contribution in [3.63, 3.8) is 0 Å². The van der Waals surface area contributed by atoms with Crippen LogP contribution in [0.5, 0.6) is 0 Å². The van der Waals surface area contributed by atoms with E-state index in [1.807, 2.05) is 19.1 Å². The van der Waals surface area contributed by atoms with Crippen molar-refractivity contribution in [3.8, 4) is 0 Å². The third-order valence-electron chi connectivity index (χ3n) is 4.18. The lowest BCUT2D eigenvalue weighted by molar-refractivity contribution is -0.384. The summed E-state index contributed by atoms with van der Waals surface area (Å²) in [6.45, 7) is 2.04. The zero-order valence-electron chi connectivity index (χ0n) is 15.9. The van der Waals surface area contributed by atoms with E-state index >= 15 is 0 Å². The SMILES string of the molecule is CCCc1ccc(Nc2nc(Nc3ccc([N+](=O)[O-])cc3)ncc2C(F)(F)F)cc1. The molecule has 0 fully saturated rings. The largest absolute Gasteiger partial charge is 0.421 e. The number of nitro benzene ring substituents is 1. The molecule has 3 rings (SSSR count). The van der Waals surface area contributed by atoms with Crippen LogP contribution in [0.1, 0.15) is 24.5 Å². The molecule has 0 saturated heterocycles. The smallest absolute Gasteiger partial charge is 0.340 e. The Morgan fingerprint density at radius 3 is 2.17 bits per heavy atom. The Hall–Kier alpha value is -3.69. The zero-order chi connectivity index (χ0) is 21.7. The fourth-order valence-corrected chi connectivity index (χ4v) is 2.72. The van der Waals surface area contributed by atoms with Gasteiger partial charge < -0.3 is 10.6 Å². The van der Waals surface area contributed by atoms with Crippen molar-refractivity contribution in [2.45, 2.75) is 25.9 Å². The molecule has 1 heterocycles. The topological polar surface area (TPSA) is 93.0 Å². The number of benzene rings is 2. The molecular weight excluding hydrogens is 399 g/mol. The lowest BCUT2D eigenvalue weighted by atomic mass is 10.1. The molecule has 0 spiro atoms. The fraction of sp³-hybridized carbons (Fsp3) is 0.200. The summed E-state index contributed by atoms with van der Waals surface area (Å²) >= 11 is 0. The Bertz CT molecular complexity index is 1020. The summed E-state index contributed by atoms with van der Waals surface area (Å²) < 4.78 is 40.2. The van der Waals surface area contributed by atoms with E-state index < -0.39 is 22.5 Å². The van der Waals surface area contributed by atoms with E-state index in [0.717, 1.165) is 18.4 Å². The van der Waals surface area contributed by atoms with E-state index in [-0.39, 0.29) is 11.6 Å². The summed E-state index contributed by atoms with van der Waals surface area (Å²) in [7, 11) is 0. The number of halogens is 3. The van der Waals surface area contributed by atoms with E-state index in [1.165, 1.54) is 24.3 Å². The maximum Gasteiger partial charge on any atom is 0.421 e. The normalized spacial score (nSPS) is 11.2. The first-order valence-corrected chi connectivity index (χ1v) is 9.08. The highest BCUT2D eigenvalue weighted by atomic mass is 19.4. The molecule has 0 aliphatic carbocycles. The first kappa shape index (κ1) is 21.0. The Morgan fingerprint density at radius 1 is 1.00 bits per heavy atom. The number of anilines is 4. The van der Waals surface area contributed by atoms with E-state index in [0.29, 0.717) is 17.6 Å². The molecule has 0 unspecified atom stereocenters. The predicted octanol–water partition coefficient (Wildman–Crippen LogP) is 5.84. The van der Waals surface area contributed by atoms with Gasteiger partial charge in [-0.1, -0.05) is 25.5 Å². The lowest BCUT2D eigenvalue weighted by Crippen LogP contribution is -2.12. The summed E-state index contributed by atoms with van der Waals surface area (Å²) in [5.74, 6) is -0.480. The van der Waals surface area contributed by atoms with Gasteiger partial charge in [-0.25, -0.2) is 4.98 Å². The number of rotatable bonds is 7. The van der Waals surface area contributed by atoms with Gasteiger partial charge in [0, 0.05) is 29.7 Å². The Morgan fingerprint density at radius 2 is 1.60 bits per heavy atom. The van der Waals surface area contributed by atoms with Gasteiger partial charge in [0.15, 0.2) is 0 Å². The number of nitrogens with zero attached hydrogens (tertiary/aromatic N) is 3. The molecule has 0 aliphatic rings. The predicted molar refractivity (Wildman–Crippen MR) is 107 cm³/mol. The molecule has 0 radical (unpaired) electrons. The number of alkyl halides is 3. The van der Waals surface area contributed by atoms with Crippen LogP contribution in [0.3, 0.4) is 0 Å². The van der Waals surface area contributed by atoms with Crippen LogP contribution in [0.4, 0.5) is 42.0 Å². The second kappa shape index (κ2) is 8.76. The van der Waals surface area contributed by atoms with Crippen LogP contribution in [0.2, 0.25) is 0 Å². The molecular formula is C20H18F3N5O2. The van der Waals surface area contributed by atoms with E-state index in [1.54, 1.807) is 12.1 Å².